The minimum atomic E-state index is -0.0628. The summed E-state index contributed by atoms with van der Waals surface area (Å²) in [6, 6.07) is 7.44. The van der Waals surface area contributed by atoms with Gasteiger partial charge in [-0.15, -0.1) is 0 Å². The maximum Gasteiger partial charge on any atom is 0.260 e. The summed E-state index contributed by atoms with van der Waals surface area (Å²) in [6.07, 6.45) is 2.93. The second-order valence-electron chi connectivity index (χ2n) is 6.22. The van der Waals surface area contributed by atoms with Gasteiger partial charge < -0.3 is 19.0 Å². The SMILES string of the molecule is Cc1ccc(OCC(=O)N2CCN(C(=O)c3ccoc3)CC2)cc1C. The lowest BCUT2D eigenvalue weighted by molar-refractivity contribution is -0.134. The van der Waals surface area contributed by atoms with Gasteiger partial charge in [-0.1, -0.05) is 6.07 Å². The molecule has 25 heavy (non-hydrogen) atoms. The normalized spacial score (nSPS) is 14.5. The molecule has 0 atom stereocenters. The lowest BCUT2D eigenvalue weighted by atomic mass is 10.1. The Morgan fingerprint density at radius 2 is 1.76 bits per heavy atom. The topological polar surface area (TPSA) is 63.0 Å². The zero-order valence-electron chi connectivity index (χ0n) is 14.5. The molecule has 0 saturated carbocycles. The highest BCUT2D eigenvalue weighted by atomic mass is 16.5. The summed E-state index contributed by atoms with van der Waals surface area (Å²) < 4.78 is 10.6. The molecule has 2 heterocycles. The van der Waals surface area contributed by atoms with Gasteiger partial charge in [0.15, 0.2) is 6.61 Å². The minimum Gasteiger partial charge on any atom is -0.484 e. The number of furan rings is 1. The molecule has 1 aromatic heterocycles. The van der Waals surface area contributed by atoms with E-state index in [2.05, 4.69) is 0 Å². The van der Waals surface area contributed by atoms with Gasteiger partial charge in [0.25, 0.3) is 11.8 Å². The van der Waals surface area contributed by atoms with E-state index in [1.807, 2.05) is 32.0 Å². The van der Waals surface area contributed by atoms with Gasteiger partial charge >= 0.3 is 0 Å². The molecule has 3 rings (SSSR count). The van der Waals surface area contributed by atoms with E-state index in [1.54, 1.807) is 15.9 Å². The van der Waals surface area contributed by atoms with Crippen LogP contribution < -0.4 is 4.74 Å². The van der Waals surface area contributed by atoms with Gasteiger partial charge in [0, 0.05) is 26.2 Å². The number of amides is 2. The number of hydrogen-bond donors (Lipinski definition) is 0. The maximum absolute atomic E-state index is 12.3. The molecule has 1 fully saturated rings. The van der Waals surface area contributed by atoms with Crippen molar-refractivity contribution >= 4 is 11.8 Å². The van der Waals surface area contributed by atoms with Gasteiger partial charge in [-0.2, -0.15) is 0 Å². The molecule has 0 bridgehead atoms. The Morgan fingerprint density at radius 3 is 2.40 bits per heavy atom. The summed E-state index contributed by atoms with van der Waals surface area (Å²) in [5.41, 5.74) is 2.87. The predicted octanol–water partition coefficient (Wildman–Crippen LogP) is 2.26. The highest BCUT2D eigenvalue weighted by molar-refractivity contribution is 5.94. The summed E-state index contributed by atoms with van der Waals surface area (Å²) in [6.45, 7) is 6.11. The van der Waals surface area contributed by atoms with Crippen molar-refractivity contribution < 1.29 is 18.7 Å². The van der Waals surface area contributed by atoms with Crippen LogP contribution in [0.4, 0.5) is 0 Å². The summed E-state index contributed by atoms with van der Waals surface area (Å²) in [7, 11) is 0. The fraction of sp³-hybridized carbons (Fsp3) is 0.368. The van der Waals surface area contributed by atoms with Gasteiger partial charge in [-0.25, -0.2) is 0 Å². The number of benzene rings is 1. The summed E-state index contributed by atoms with van der Waals surface area (Å²) in [5.74, 6) is 0.575. The van der Waals surface area contributed by atoms with Crippen LogP contribution in [0.2, 0.25) is 0 Å². The smallest absolute Gasteiger partial charge is 0.260 e. The van der Waals surface area contributed by atoms with Crippen molar-refractivity contribution in [1.29, 1.82) is 0 Å². The van der Waals surface area contributed by atoms with Gasteiger partial charge in [-0.05, 0) is 43.2 Å². The van der Waals surface area contributed by atoms with Crippen LogP contribution in [0.25, 0.3) is 0 Å². The molecule has 2 amide bonds. The van der Waals surface area contributed by atoms with Crippen molar-refractivity contribution in [3.05, 3.63) is 53.5 Å². The van der Waals surface area contributed by atoms with Crippen LogP contribution in [0.1, 0.15) is 21.5 Å². The number of carbonyl (C=O) groups excluding carboxylic acids is 2. The number of nitrogens with zero attached hydrogens (tertiary/aromatic N) is 2. The van der Waals surface area contributed by atoms with Crippen molar-refractivity contribution in [2.45, 2.75) is 13.8 Å². The third kappa shape index (κ3) is 4.02. The molecule has 0 unspecified atom stereocenters. The molecule has 1 aliphatic heterocycles. The summed E-state index contributed by atoms with van der Waals surface area (Å²) in [5, 5.41) is 0. The summed E-state index contributed by atoms with van der Waals surface area (Å²) >= 11 is 0. The van der Waals surface area contributed by atoms with Crippen molar-refractivity contribution in [2.24, 2.45) is 0 Å². The van der Waals surface area contributed by atoms with Crippen molar-refractivity contribution in [3.63, 3.8) is 0 Å². The van der Waals surface area contributed by atoms with Gasteiger partial charge in [0.2, 0.25) is 0 Å². The number of hydrogen-bond acceptors (Lipinski definition) is 4. The van der Waals surface area contributed by atoms with E-state index in [9.17, 15) is 9.59 Å². The second kappa shape index (κ2) is 7.42. The van der Waals surface area contributed by atoms with Crippen LogP contribution in [0.15, 0.2) is 41.2 Å². The van der Waals surface area contributed by atoms with Crippen LogP contribution in [0, 0.1) is 13.8 Å². The molecule has 0 spiro atoms. The lowest BCUT2D eigenvalue weighted by Gasteiger charge is -2.34. The Labute approximate surface area is 147 Å². The fourth-order valence-corrected chi connectivity index (χ4v) is 2.77. The van der Waals surface area contributed by atoms with E-state index in [1.165, 1.54) is 18.1 Å². The van der Waals surface area contributed by atoms with Crippen molar-refractivity contribution in [3.8, 4) is 5.75 Å². The van der Waals surface area contributed by atoms with Crippen molar-refractivity contribution in [1.82, 2.24) is 9.80 Å². The first-order chi connectivity index (χ1) is 12.0. The summed E-state index contributed by atoms with van der Waals surface area (Å²) in [4.78, 5) is 28.0. The number of aryl methyl sites for hydroxylation is 2. The molecular weight excluding hydrogens is 320 g/mol. The Hall–Kier alpha value is -2.76. The second-order valence-corrected chi connectivity index (χ2v) is 6.22. The molecule has 1 aliphatic rings. The van der Waals surface area contributed by atoms with E-state index >= 15 is 0 Å². The van der Waals surface area contributed by atoms with Crippen LogP contribution in [0.5, 0.6) is 5.75 Å². The molecule has 132 valence electrons. The molecule has 6 nitrogen and oxygen atoms in total. The Balaban J connectivity index is 1.48. The molecular formula is C19H22N2O4. The zero-order valence-corrected chi connectivity index (χ0v) is 14.5. The monoisotopic (exact) mass is 342 g/mol. The number of carbonyl (C=O) groups is 2. The predicted molar refractivity (Wildman–Crippen MR) is 92.6 cm³/mol. The van der Waals surface area contributed by atoms with Gasteiger partial charge in [0.1, 0.15) is 12.0 Å². The third-order valence-corrected chi connectivity index (χ3v) is 4.53. The number of rotatable bonds is 4. The molecule has 0 aliphatic carbocycles. The van der Waals surface area contributed by atoms with Gasteiger partial charge in [0.05, 0.1) is 11.8 Å². The lowest BCUT2D eigenvalue weighted by Crippen LogP contribution is -2.51. The highest BCUT2D eigenvalue weighted by Crippen LogP contribution is 2.16. The Morgan fingerprint density at radius 1 is 1.04 bits per heavy atom. The van der Waals surface area contributed by atoms with E-state index in [0.29, 0.717) is 37.5 Å². The van der Waals surface area contributed by atoms with Crippen molar-refractivity contribution in [2.75, 3.05) is 32.8 Å². The standard InChI is InChI=1S/C19H22N2O4/c1-14-3-4-17(11-15(14)2)25-13-18(22)20-6-8-21(9-7-20)19(23)16-5-10-24-12-16/h3-5,10-12H,6-9,13H2,1-2H3. The van der Waals surface area contributed by atoms with E-state index in [0.717, 1.165) is 5.56 Å². The van der Waals surface area contributed by atoms with E-state index in [4.69, 9.17) is 9.15 Å². The van der Waals surface area contributed by atoms with Crippen LogP contribution >= 0.6 is 0 Å². The number of ether oxygens (including phenoxy) is 1. The average Bonchev–Trinajstić information content (AvgIpc) is 3.16. The van der Waals surface area contributed by atoms with E-state index in [-0.39, 0.29) is 18.4 Å². The van der Waals surface area contributed by atoms with Crippen LogP contribution in [-0.4, -0.2) is 54.4 Å². The van der Waals surface area contributed by atoms with Crippen LogP contribution in [-0.2, 0) is 4.79 Å². The average molecular weight is 342 g/mol. The largest absolute Gasteiger partial charge is 0.484 e. The number of piperazine rings is 1. The molecule has 6 heteroatoms. The molecule has 1 aromatic carbocycles. The first-order valence-corrected chi connectivity index (χ1v) is 8.34. The third-order valence-electron chi connectivity index (χ3n) is 4.53. The molecule has 1 saturated heterocycles. The molecule has 0 N–H and O–H groups in total. The first-order valence-electron chi connectivity index (χ1n) is 8.34. The Bertz CT molecular complexity index is 747. The highest BCUT2D eigenvalue weighted by Gasteiger charge is 2.25. The molecule has 0 radical (unpaired) electrons. The first kappa shape index (κ1) is 17.1. The zero-order chi connectivity index (χ0) is 17.8. The Kier molecular flexibility index (Phi) is 5.07. The van der Waals surface area contributed by atoms with E-state index < -0.39 is 0 Å². The van der Waals surface area contributed by atoms with Gasteiger partial charge in [-0.3, -0.25) is 9.59 Å². The quantitative estimate of drug-likeness (QED) is 0.855. The minimum absolute atomic E-state index is 0.0121. The molecule has 2 aromatic rings. The maximum atomic E-state index is 12.3. The van der Waals surface area contributed by atoms with Crippen LogP contribution in [0.3, 0.4) is 0 Å². The fourth-order valence-electron chi connectivity index (χ4n) is 2.77.